The van der Waals surface area contributed by atoms with Gasteiger partial charge in [0.05, 0.1) is 0 Å². The van der Waals surface area contributed by atoms with Gasteiger partial charge in [0.15, 0.2) is 5.78 Å². The van der Waals surface area contributed by atoms with Crippen LogP contribution >= 0.6 is 0 Å². The Morgan fingerprint density at radius 2 is 2.00 bits per heavy atom. The molecule has 0 aromatic rings. The highest BCUT2D eigenvalue weighted by Gasteiger charge is 2.28. The summed E-state index contributed by atoms with van der Waals surface area (Å²) in [5, 5.41) is 0. The molecule has 1 nitrogen and oxygen atoms in total. The Kier molecular flexibility index (Phi) is 2.41. The SMILES string of the molecule is CC1=CC[C@@H](C(C)(C)C)CC1=O. The van der Waals surface area contributed by atoms with Gasteiger partial charge in [-0.3, -0.25) is 4.79 Å². The minimum Gasteiger partial charge on any atom is -0.295 e. The van der Waals surface area contributed by atoms with Gasteiger partial charge in [-0.2, -0.15) is 0 Å². The third-order valence-electron chi connectivity index (χ3n) is 2.80. The van der Waals surface area contributed by atoms with Crippen molar-refractivity contribution in [3.8, 4) is 0 Å². The molecule has 0 N–H and O–H groups in total. The lowest BCUT2D eigenvalue weighted by Gasteiger charge is -2.31. The molecule has 0 fully saturated rings. The van der Waals surface area contributed by atoms with Crippen LogP contribution < -0.4 is 0 Å². The van der Waals surface area contributed by atoms with Gasteiger partial charge < -0.3 is 0 Å². The molecule has 12 heavy (non-hydrogen) atoms. The molecule has 0 unspecified atom stereocenters. The van der Waals surface area contributed by atoms with Crippen LogP contribution in [0.2, 0.25) is 0 Å². The van der Waals surface area contributed by atoms with E-state index in [1.165, 1.54) is 0 Å². The zero-order valence-electron chi connectivity index (χ0n) is 8.48. The number of hydrogen-bond acceptors (Lipinski definition) is 1. The summed E-state index contributed by atoms with van der Waals surface area (Å²) >= 11 is 0. The fourth-order valence-corrected chi connectivity index (χ4v) is 1.56. The van der Waals surface area contributed by atoms with Crippen LogP contribution in [0.5, 0.6) is 0 Å². The first-order chi connectivity index (χ1) is 5.41. The second-order valence-electron chi connectivity index (χ2n) is 4.81. The Balaban J connectivity index is 2.72. The number of rotatable bonds is 0. The maximum atomic E-state index is 11.4. The summed E-state index contributed by atoms with van der Waals surface area (Å²) in [5.41, 5.74) is 1.22. The van der Waals surface area contributed by atoms with E-state index in [0.29, 0.717) is 11.7 Å². The topological polar surface area (TPSA) is 17.1 Å². The van der Waals surface area contributed by atoms with Crippen molar-refractivity contribution in [1.82, 2.24) is 0 Å². The molecule has 0 aliphatic heterocycles. The van der Waals surface area contributed by atoms with Crippen LogP contribution in [0.4, 0.5) is 0 Å². The summed E-state index contributed by atoms with van der Waals surface area (Å²) in [6.45, 7) is 8.54. The molecule has 0 saturated heterocycles. The van der Waals surface area contributed by atoms with Gasteiger partial charge in [-0.05, 0) is 30.3 Å². The minimum atomic E-state index is 0.271. The monoisotopic (exact) mass is 166 g/mol. The Hall–Kier alpha value is -0.590. The lowest BCUT2D eigenvalue weighted by atomic mass is 9.73. The fraction of sp³-hybridized carbons (Fsp3) is 0.727. The molecule has 0 radical (unpaired) electrons. The molecular formula is C11H18O. The summed E-state index contributed by atoms with van der Waals surface area (Å²) in [6, 6.07) is 0. The van der Waals surface area contributed by atoms with Gasteiger partial charge in [0.1, 0.15) is 0 Å². The highest BCUT2D eigenvalue weighted by molar-refractivity contribution is 5.95. The summed E-state index contributed by atoms with van der Waals surface area (Å²) in [6.07, 6.45) is 3.90. The molecule has 0 amide bonds. The van der Waals surface area contributed by atoms with E-state index in [9.17, 15) is 4.79 Å². The molecule has 1 aliphatic rings. The number of ketones is 1. The summed E-state index contributed by atoms with van der Waals surface area (Å²) in [4.78, 5) is 11.4. The second-order valence-corrected chi connectivity index (χ2v) is 4.81. The van der Waals surface area contributed by atoms with E-state index in [1.54, 1.807) is 0 Å². The zero-order valence-corrected chi connectivity index (χ0v) is 8.48. The van der Waals surface area contributed by atoms with Crippen molar-refractivity contribution in [2.24, 2.45) is 11.3 Å². The van der Waals surface area contributed by atoms with Crippen molar-refractivity contribution in [3.05, 3.63) is 11.6 Å². The smallest absolute Gasteiger partial charge is 0.158 e. The van der Waals surface area contributed by atoms with Gasteiger partial charge in [-0.15, -0.1) is 0 Å². The van der Waals surface area contributed by atoms with Crippen molar-refractivity contribution in [2.75, 3.05) is 0 Å². The summed E-state index contributed by atoms with van der Waals surface area (Å²) in [7, 11) is 0. The molecule has 0 saturated carbocycles. The average Bonchev–Trinajstić information content (AvgIpc) is 1.92. The Morgan fingerprint density at radius 1 is 1.42 bits per heavy atom. The van der Waals surface area contributed by atoms with E-state index in [2.05, 4.69) is 26.8 Å². The molecule has 0 heterocycles. The van der Waals surface area contributed by atoms with E-state index in [4.69, 9.17) is 0 Å². The maximum Gasteiger partial charge on any atom is 0.158 e. The van der Waals surface area contributed by atoms with Gasteiger partial charge in [-0.1, -0.05) is 26.8 Å². The second kappa shape index (κ2) is 3.04. The first-order valence-corrected chi connectivity index (χ1v) is 4.61. The van der Waals surface area contributed by atoms with Crippen LogP contribution in [0.25, 0.3) is 0 Å². The minimum absolute atomic E-state index is 0.271. The van der Waals surface area contributed by atoms with Gasteiger partial charge in [0.2, 0.25) is 0 Å². The Morgan fingerprint density at radius 3 is 2.42 bits per heavy atom. The highest BCUT2D eigenvalue weighted by Crippen LogP contribution is 2.35. The molecule has 0 aromatic carbocycles. The molecule has 68 valence electrons. The number of Topliss-reactive ketones (excluding diaryl/α,β-unsaturated/α-hetero) is 1. The largest absolute Gasteiger partial charge is 0.295 e. The zero-order chi connectivity index (χ0) is 9.35. The number of carbonyl (C=O) groups excluding carboxylic acids is 1. The number of carbonyl (C=O) groups is 1. The van der Waals surface area contributed by atoms with Crippen LogP contribution in [0.3, 0.4) is 0 Å². The lowest BCUT2D eigenvalue weighted by Crippen LogP contribution is -2.26. The van der Waals surface area contributed by atoms with Crippen molar-refractivity contribution in [2.45, 2.75) is 40.5 Å². The Bertz CT molecular complexity index is 218. The normalized spacial score (nSPS) is 25.5. The molecule has 1 atom stereocenters. The molecule has 1 aliphatic carbocycles. The fourth-order valence-electron chi connectivity index (χ4n) is 1.56. The summed E-state index contributed by atoms with van der Waals surface area (Å²) < 4.78 is 0. The predicted octanol–water partition coefficient (Wildman–Crippen LogP) is 2.96. The van der Waals surface area contributed by atoms with Gasteiger partial charge in [0, 0.05) is 6.42 Å². The van der Waals surface area contributed by atoms with Crippen molar-refractivity contribution >= 4 is 5.78 Å². The standard InChI is InChI=1S/C11H18O/c1-8-5-6-9(7-10(8)12)11(2,3)4/h5,9H,6-7H2,1-4H3/t9-/m1/s1. The first-order valence-electron chi connectivity index (χ1n) is 4.61. The van der Waals surface area contributed by atoms with Crippen LogP contribution in [0.1, 0.15) is 40.5 Å². The predicted molar refractivity (Wildman–Crippen MR) is 50.9 cm³/mol. The molecule has 1 heteroatoms. The van der Waals surface area contributed by atoms with Gasteiger partial charge >= 0.3 is 0 Å². The van der Waals surface area contributed by atoms with Gasteiger partial charge in [-0.25, -0.2) is 0 Å². The van der Waals surface area contributed by atoms with Crippen molar-refractivity contribution < 1.29 is 4.79 Å². The van der Waals surface area contributed by atoms with Crippen LogP contribution in [0.15, 0.2) is 11.6 Å². The van der Waals surface area contributed by atoms with E-state index in [-0.39, 0.29) is 5.41 Å². The molecular weight excluding hydrogens is 148 g/mol. The van der Waals surface area contributed by atoms with E-state index < -0.39 is 0 Å². The number of allylic oxidation sites excluding steroid dienone is 2. The van der Waals surface area contributed by atoms with E-state index in [1.807, 2.05) is 6.92 Å². The lowest BCUT2D eigenvalue weighted by molar-refractivity contribution is -0.117. The van der Waals surface area contributed by atoms with Crippen LogP contribution in [-0.4, -0.2) is 5.78 Å². The molecule has 1 rings (SSSR count). The van der Waals surface area contributed by atoms with Gasteiger partial charge in [0.25, 0.3) is 0 Å². The van der Waals surface area contributed by atoms with E-state index in [0.717, 1.165) is 18.4 Å². The third-order valence-corrected chi connectivity index (χ3v) is 2.80. The van der Waals surface area contributed by atoms with Crippen LogP contribution in [-0.2, 0) is 4.79 Å². The quantitative estimate of drug-likeness (QED) is 0.540. The van der Waals surface area contributed by atoms with Crippen LogP contribution in [0, 0.1) is 11.3 Å². The molecule has 0 bridgehead atoms. The molecule has 0 spiro atoms. The summed E-state index contributed by atoms with van der Waals surface area (Å²) in [5.74, 6) is 0.870. The average molecular weight is 166 g/mol. The molecule has 0 aromatic heterocycles. The third kappa shape index (κ3) is 1.96. The Labute approximate surface area is 74.9 Å². The number of hydrogen-bond donors (Lipinski definition) is 0. The maximum absolute atomic E-state index is 11.4. The van der Waals surface area contributed by atoms with E-state index >= 15 is 0 Å². The highest BCUT2D eigenvalue weighted by atomic mass is 16.1. The first kappa shape index (κ1) is 9.50. The van der Waals surface area contributed by atoms with Crippen molar-refractivity contribution in [1.29, 1.82) is 0 Å². The van der Waals surface area contributed by atoms with Crippen molar-refractivity contribution in [3.63, 3.8) is 0 Å².